The molecule has 0 aromatic heterocycles. The maximum Gasteiger partial charge on any atom is 0.302 e. The Bertz CT molecular complexity index is 1350. The summed E-state index contributed by atoms with van der Waals surface area (Å²) in [4.78, 5) is 26.5. The number of methoxy groups -OCH3 is 1. The molecule has 5 nitrogen and oxygen atoms in total. The van der Waals surface area contributed by atoms with Crippen molar-refractivity contribution < 1.29 is 19.1 Å². The van der Waals surface area contributed by atoms with Crippen LogP contribution in [0.3, 0.4) is 0 Å². The van der Waals surface area contributed by atoms with Gasteiger partial charge in [0.1, 0.15) is 11.9 Å². The van der Waals surface area contributed by atoms with Crippen LogP contribution in [0.15, 0.2) is 36.4 Å². The van der Waals surface area contributed by atoms with Crippen LogP contribution in [0.25, 0.3) is 0 Å². The van der Waals surface area contributed by atoms with Gasteiger partial charge in [0.2, 0.25) is 5.91 Å². The van der Waals surface area contributed by atoms with E-state index in [1.54, 1.807) is 14.0 Å². The largest absolute Gasteiger partial charge is 0.496 e. The summed E-state index contributed by atoms with van der Waals surface area (Å²) in [6.07, 6.45) is 11.1. The molecule has 0 heterocycles. The zero-order valence-electron chi connectivity index (χ0n) is 29.4. The van der Waals surface area contributed by atoms with E-state index in [0.717, 1.165) is 49.8 Å². The highest BCUT2D eigenvalue weighted by Gasteiger charge is 2.72. The van der Waals surface area contributed by atoms with Crippen molar-refractivity contribution in [1.82, 2.24) is 5.32 Å². The molecule has 5 aliphatic carbocycles. The van der Waals surface area contributed by atoms with E-state index in [0.29, 0.717) is 36.1 Å². The average molecular weight is 618 g/mol. The third-order valence-corrected chi connectivity index (χ3v) is 15.4. The quantitative estimate of drug-likeness (QED) is 0.256. The monoisotopic (exact) mass is 617 g/mol. The van der Waals surface area contributed by atoms with Gasteiger partial charge < -0.3 is 14.8 Å². The molecular formula is C40H59NO4. The second-order valence-electron chi connectivity index (χ2n) is 17.3. The topological polar surface area (TPSA) is 64.6 Å². The van der Waals surface area contributed by atoms with E-state index >= 15 is 0 Å². The molecule has 1 aromatic rings. The summed E-state index contributed by atoms with van der Waals surface area (Å²) in [7, 11) is 1.70. The van der Waals surface area contributed by atoms with Crippen LogP contribution < -0.4 is 10.1 Å². The van der Waals surface area contributed by atoms with Crippen molar-refractivity contribution >= 4 is 11.9 Å². The van der Waals surface area contributed by atoms with Crippen LogP contribution in [0.5, 0.6) is 5.75 Å². The number of esters is 1. The minimum absolute atomic E-state index is 0.00355. The maximum atomic E-state index is 14.5. The van der Waals surface area contributed by atoms with Crippen molar-refractivity contribution in [3.05, 3.63) is 42.0 Å². The van der Waals surface area contributed by atoms with E-state index in [2.05, 4.69) is 59.5 Å². The summed E-state index contributed by atoms with van der Waals surface area (Å²) in [5.74, 6) is 3.36. The lowest BCUT2D eigenvalue weighted by Gasteiger charge is -2.72. The molecule has 0 unspecified atom stereocenters. The standard InChI is InChI=1S/C40H59NO4/c1-25(2)28-16-21-40(35(43)41-24-27-12-10-11-13-30(27)44-9)23-22-38(7)29(34(28)40)14-15-32-37(6)19-18-33(45-26(3)42)36(4,5)31(37)17-20-39(32,38)8/h10-13,28-29,31-34H,1,14-24H2,2-9H3,(H,41,43)/t28-,29+,31-,32+,33-,34+,37-,38+,39+,40-/m0/s1. The normalized spacial score (nSPS) is 43.1. The summed E-state index contributed by atoms with van der Waals surface area (Å²) in [5, 5.41) is 3.42. The molecule has 1 aromatic carbocycles. The molecule has 0 radical (unpaired) electrons. The molecule has 248 valence electrons. The first-order valence-corrected chi connectivity index (χ1v) is 17.9. The van der Waals surface area contributed by atoms with Crippen LogP contribution >= 0.6 is 0 Å². The van der Waals surface area contributed by atoms with Crippen molar-refractivity contribution in [2.45, 2.75) is 125 Å². The molecule has 6 rings (SSSR count). The summed E-state index contributed by atoms with van der Waals surface area (Å²) in [5.41, 5.74) is 2.55. The molecule has 0 saturated heterocycles. The summed E-state index contributed by atoms with van der Waals surface area (Å²) >= 11 is 0. The number of carbonyl (C=O) groups is 2. The lowest BCUT2D eigenvalue weighted by molar-refractivity contribution is -0.248. The zero-order valence-corrected chi connectivity index (χ0v) is 29.4. The number of para-hydroxylation sites is 1. The zero-order chi connectivity index (χ0) is 32.6. The molecule has 10 atom stereocenters. The van der Waals surface area contributed by atoms with E-state index in [-0.39, 0.29) is 45.1 Å². The highest BCUT2D eigenvalue weighted by Crippen LogP contribution is 2.77. The average Bonchev–Trinajstić information content (AvgIpc) is 3.39. The first kappa shape index (κ1) is 32.6. The van der Waals surface area contributed by atoms with Crippen molar-refractivity contribution in [2.24, 2.45) is 56.7 Å². The van der Waals surface area contributed by atoms with Crippen LogP contribution in [-0.2, 0) is 20.9 Å². The van der Waals surface area contributed by atoms with Crippen LogP contribution in [0, 0.1) is 56.7 Å². The fraction of sp³-hybridized carbons (Fsp3) is 0.750. The van der Waals surface area contributed by atoms with Gasteiger partial charge in [0.05, 0.1) is 12.5 Å². The number of rotatable bonds is 6. The minimum atomic E-state index is -0.329. The predicted molar refractivity (Wildman–Crippen MR) is 179 cm³/mol. The number of allylic oxidation sites excluding steroid dienone is 1. The van der Waals surface area contributed by atoms with Crippen molar-refractivity contribution in [2.75, 3.05) is 7.11 Å². The number of fused-ring (bicyclic) bond motifs is 7. The maximum absolute atomic E-state index is 14.5. The fourth-order valence-corrected chi connectivity index (χ4v) is 13.1. The molecular weight excluding hydrogens is 558 g/mol. The number of benzene rings is 1. The first-order chi connectivity index (χ1) is 21.2. The Labute approximate surface area is 272 Å². The number of hydrogen-bond acceptors (Lipinski definition) is 4. The number of ether oxygens (including phenoxy) is 2. The van der Waals surface area contributed by atoms with Crippen molar-refractivity contribution in [3.8, 4) is 5.75 Å². The Morgan fingerprint density at radius 3 is 2.29 bits per heavy atom. The Kier molecular flexibility index (Phi) is 8.09. The summed E-state index contributed by atoms with van der Waals surface area (Å²) < 4.78 is 11.5. The third-order valence-electron chi connectivity index (χ3n) is 15.4. The number of hydrogen-bond donors (Lipinski definition) is 1. The summed E-state index contributed by atoms with van der Waals surface area (Å²) in [6.45, 7) is 21.4. The van der Waals surface area contributed by atoms with Gasteiger partial charge in [0, 0.05) is 24.4 Å². The van der Waals surface area contributed by atoms with Gasteiger partial charge in [-0.25, -0.2) is 0 Å². The lowest BCUT2D eigenvalue weighted by Crippen LogP contribution is -2.67. The molecule has 0 aliphatic heterocycles. The SMILES string of the molecule is C=C(C)[C@@H]1CC[C@]2(C(=O)NCc3ccccc3OC)CC[C@]3(C)[C@H](CC[C@@H]4[C@@]5(C)CC[C@H](OC(C)=O)C(C)(C)[C@@H]5CC[C@]43C)[C@@H]12. The van der Waals surface area contributed by atoms with Gasteiger partial charge >= 0.3 is 5.97 Å². The minimum Gasteiger partial charge on any atom is -0.496 e. The van der Waals surface area contributed by atoms with E-state index in [9.17, 15) is 9.59 Å². The number of nitrogens with one attached hydrogen (secondary N) is 1. The molecule has 5 saturated carbocycles. The molecule has 1 amide bonds. The highest BCUT2D eigenvalue weighted by molar-refractivity contribution is 5.84. The number of amides is 1. The van der Waals surface area contributed by atoms with Gasteiger partial charge in [0.15, 0.2) is 0 Å². The van der Waals surface area contributed by atoms with Crippen molar-refractivity contribution in [3.63, 3.8) is 0 Å². The smallest absolute Gasteiger partial charge is 0.302 e. The highest BCUT2D eigenvalue weighted by atomic mass is 16.5. The van der Waals surface area contributed by atoms with E-state index in [1.807, 2.05) is 18.2 Å². The van der Waals surface area contributed by atoms with Gasteiger partial charge in [-0.05, 0) is 123 Å². The van der Waals surface area contributed by atoms with Crippen molar-refractivity contribution in [1.29, 1.82) is 0 Å². The Morgan fingerprint density at radius 2 is 1.60 bits per heavy atom. The van der Waals surface area contributed by atoms with Crippen LogP contribution in [0.2, 0.25) is 0 Å². The molecule has 5 aliphatic rings. The summed E-state index contributed by atoms with van der Waals surface area (Å²) in [6, 6.07) is 8.02. The van der Waals surface area contributed by atoms with Crippen LogP contribution in [-0.4, -0.2) is 25.1 Å². The molecule has 0 bridgehead atoms. The Hall–Kier alpha value is -2.30. The predicted octanol–water partition coefficient (Wildman–Crippen LogP) is 8.90. The first-order valence-electron chi connectivity index (χ1n) is 17.9. The molecule has 45 heavy (non-hydrogen) atoms. The van der Waals surface area contributed by atoms with Crippen LogP contribution in [0.4, 0.5) is 0 Å². The molecule has 5 heteroatoms. The van der Waals surface area contributed by atoms with Gasteiger partial charge in [0.25, 0.3) is 0 Å². The van der Waals surface area contributed by atoms with Gasteiger partial charge in [-0.3, -0.25) is 9.59 Å². The molecule has 0 spiro atoms. The van der Waals surface area contributed by atoms with E-state index in [1.165, 1.54) is 31.3 Å². The Balaban J connectivity index is 1.31. The third kappa shape index (κ3) is 4.66. The second-order valence-corrected chi connectivity index (χ2v) is 17.3. The Morgan fingerprint density at radius 1 is 0.867 bits per heavy atom. The fourth-order valence-electron chi connectivity index (χ4n) is 13.1. The van der Waals surface area contributed by atoms with E-state index in [4.69, 9.17) is 9.47 Å². The van der Waals surface area contributed by atoms with E-state index < -0.39 is 0 Å². The van der Waals surface area contributed by atoms with Crippen LogP contribution in [0.1, 0.15) is 118 Å². The number of carbonyl (C=O) groups excluding carboxylic acids is 2. The second kappa shape index (κ2) is 11.2. The molecule has 1 N–H and O–H groups in total. The van der Waals surface area contributed by atoms with Gasteiger partial charge in [-0.2, -0.15) is 0 Å². The van der Waals surface area contributed by atoms with Gasteiger partial charge in [-0.1, -0.05) is 65.0 Å². The lowest BCUT2D eigenvalue weighted by atomic mass is 9.32. The van der Waals surface area contributed by atoms with Gasteiger partial charge in [-0.15, -0.1) is 0 Å². The molecule has 5 fully saturated rings.